The molecule has 2 N–H and O–H groups in total. The normalized spacial score (nSPS) is 10.4. The highest BCUT2D eigenvalue weighted by Gasteiger charge is 2.10. The molecule has 2 aromatic rings. The summed E-state index contributed by atoms with van der Waals surface area (Å²) in [5, 5.41) is 0.640. The first kappa shape index (κ1) is 14.7. The smallest absolute Gasteiger partial charge is 0.134 e. The molecule has 0 aromatic heterocycles. The van der Waals surface area contributed by atoms with E-state index in [0.29, 0.717) is 11.6 Å². The van der Waals surface area contributed by atoms with Crippen LogP contribution in [0.4, 0.5) is 0 Å². The van der Waals surface area contributed by atoms with E-state index in [1.54, 1.807) is 7.11 Å². The summed E-state index contributed by atoms with van der Waals surface area (Å²) in [4.78, 5) is 0. The second-order valence-corrected chi connectivity index (χ2v) is 4.91. The van der Waals surface area contributed by atoms with Gasteiger partial charge in [-0.3, -0.25) is 0 Å². The maximum atomic E-state index is 6.05. The zero-order valence-electron chi connectivity index (χ0n) is 11.7. The van der Waals surface area contributed by atoms with Gasteiger partial charge in [0.2, 0.25) is 0 Å². The SMILES string of the molecule is COc1cccc(Oc2cc(Cl)ccc2CCN)c1C. The fourth-order valence-corrected chi connectivity index (χ4v) is 2.19. The molecule has 2 rings (SSSR count). The lowest BCUT2D eigenvalue weighted by molar-refractivity contribution is 0.404. The van der Waals surface area contributed by atoms with Gasteiger partial charge in [0.1, 0.15) is 17.2 Å². The number of nitrogens with two attached hydrogens (primary N) is 1. The van der Waals surface area contributed by atoms with Gasteiger partial charge in [-0.05, 0) is 49.7 Å². The monoisotopic (exact) mass is 291 g/mol. The molecule has 0 amide bonds. The number of hydrogen-bond donors (Lipinski definition) is 1. The highest BCUT2D eigenvalue weighted by atomic mass is 35.5. The van der Waals surface area contributed by atoms with Crippen LogP contribution in [0.5, 0.6) is 17.2 Å². The van der Waals surface area contributed by atoms with E-state index in [-0.39, 0.29) is 0 Å². The molecule has 0 atom stereocenters. The minimum Gasteiger partial charge on any atom is -0.496 e. The quantitative estimate of drug-likeness (QED) is 0.907. The van der Waals surface area contributed by atoms with Crippen LogP contribution in [0.25, 0.3) is 0 Å². The molecule has 106 valence electrons. The number of methoxy groups -OCH3 is 1. The Kier molecular flexibility index (Phi) is 4.88. The first-order valence-electron chi connectivity index (χ1n) is 6.45. The summed E-state index contributed by atoms with van der Waals surface area (Å²) in [6.07, 6.45) is 0.746. The molecule has 4 heteroatoms. The lowest BCUT2D eigenvalue weighted by Gasteiger charge is -2.14. The van der Waals surface area contributed by atoms with Gasteiger partial charge in [-0.1, -0.05) is 23.7 Å². The van der Waals surface area contributed by atoms with Crippen molar-refractivity contribution in [3.63, 3.8) is 0 Å². The molecule has 0 aliphatic rings. The molecule has 0 aliphatic carbocycles. The van der Waals surface area contributed by atoms with E-state index in [2.05, 4.69) is 0 Å². The van der Waals surface area contributed by atoms with Gasteiger partial charge in [0.05, 0.1) is 7.11 Å². The first-order chi connectivity index (χ1) is 9.65. The molecule has 0 fully saturated rings. The minimum absolute atomic E-state index is 0.565. The van der Waals surface area contributed by atoms with E-state index in [1.807, 2.05) is 43.3 Å². The Balaban J connectivity index is 2.36. The van der Waals surface area contributed by atoms with Crippen molar-refractivity contribution in [3.05, 3.63) is 52.5 Å². The van der Waals surface area contributed by atoms with Gasteiger partial charge in [-0.2, -0.15) is 0 Å². The molecule has 20 heavy (non-hydrogen) atoms. The van der Waals surface area contributed by atoms with Crippen molar-refractivity contribution in [1.29, 1.82) is 0 Å². The summed E-state index contributed by atoms with van der Waals surface area (Å²) in [6, 6.07) is 11.3. The fraction of sp³-hybridized carbons (Fsp3) is 0.250. The van der Waals surface area contributed by atoms with Gasteiger partial charge in [0.15, 0.2) is 0 Å². The second-order valence-electron chi connectivity index (χ2n) is 4.48. The molecular weight excluding hydrogens is 274 g/mol. The summed E-state index contributed by atoms with van der Waals surface area (Å²) in [5.41, 5.74) is 7.62. The van der Waals surface area contributed by atoms with Crippen LogP contribution < -0.4 is 15.2 Å². The van der Waals surface area contributed by atoms with E-state index in [9.17, 15) is 0 Å². The molecule has 0 radical (unpaired) electrons. The Hall–Kier alpha value is -1.71. The maximum absolute atomic E-state index is 6.05. The second kappa shape index (κ2) is 6.64. The fourth-order valence-electron chi connectivity index (χ4n) is 2.03. The van der Waals surface area contributed by atoms with Crippen molar-refractivity contribution in [3.8, 4) is 17.2 Å². The summed E-state index contributed by atoms with van der Waals surface area (Å²) < 4.78 is 11.3. The van der Waals surface area contributed by atoms with Gasteiger partial charge in [0, 0.05) is 10.6 Å². The number of ether oxygens (including phenoxy) is 2. The first-order valence-corrected chi connectivity index (χ1v) is 6.83. The average Bonchev–Trinajstić information content (AvgIpc) is 2.44. The molecule has 0 bridgehead atoms. The number of halogens is 1. The molecule has 3 nitrogen and oxygen atoms in total. The maximum Gasteiger partial charge on any atom is 0.134 e. The third-order valence-corrected chi connectivity index (χ3v) is 3.35. The van der Waals surface area contributed by atoms with Crippen LogP contribution in [0.2, 0.25) is 5.02 Å². The van der Waals surface area contributed by atoms with Crippen LogP contribution in [-0.4, -0.2) is 13.7 Å². The molecule has 0 saturated heterocycles. The highest BCUT2D eigenvalue weighted by molar-refractivity contribution is 6.30. The van der Waals surface area contributed by atoms with Crippen LogP contribution >= 0.6 is 11.6 Å². The zero-order valence-corrected chi connectivity index (χ0v) is 12.4. The van der Waals surface area contributed by atoms with Gasteiger partial charge in [-0.15, -0.1) is 0 Å². The Morgan fingerprint density at radius 2 is 1.85 bits per heavy atom. The van der Waals surface area contributed by atoms with Crippen LogP contribution in [0.3, 0.4) is 0 Å². The molecule has 0 unspecified atom stereocenters. The van der Waals surface area contributed by atoms with E-state index in [4.69, 9.17) is 26.8 Å². The highest BCUT2D eigenvalue weighted by Crippen LogP contribution is 2.33. The van der Waals surface area contributed by atoms with Crippen molar-refractivity contribution in [1.82, 2.24) is 0 Å². The molecule has 0 spiro atoms. The topological polar surface area (TPSA) is 44.5 Å². The van der Waals surface area contributed by atoms with Crippen molar-refractivity contribution >= 4 is 11.6 Å². The van der Waals surface area contributed by atoms with Crippen molar-refractivity contribution in [2.24, 2.45) is 5.73 Å². The molecule has 0 heterocycles. The van der Waals surface area contributed by atoms with Gasteiger partial charge < -0.3 is 15.2 Å². The van der Waals surface area contributed by atoms with Crippen LogP contribution in [0.15, 0.2) is 36.4 Å². The van der Waals surface area contributed by atoms with Crippen molar-refractivity contribution in [2.75, 3.05) is 13.7 Å². The van der Waals surface area contributed by atoms with E-state index in [1.165, 1.54) is 0 Å². The van der Waals surface area contributed by atoms with E-state index in [0.717, 1.165) is 34.8 Å². The Labute approximate surface area is 124 Å². The Bertz CT molecular complexity index is 599. The summed E-state index contributed by atoms with van der Waals surface area (Å²) in [6.45, 7) is 2.52. The van der Waals surface area contributed by atoms with Gasteiger partial charge >= 0.3 is 0 Å². The average molecular weight is 292 g/mol. The summed E-state index contributed by atoms with van der Waals surface area (Å²) in [5.74, 6) is 2.29. The van der Waals surface area contributed by atoms with Crippen LogP contribution in [0.1, 0.15) is 11.1 Å². The van der Waals surface area contributed by atoms with Gasteiger partial charge in [-0.25, -0.2) is 0 Å². The molecule has 0 aliphatic heterocycles. The summed E-state index contributed by atoms with van der Waals surface area (Å²) in [7, 11) is 1.64. The molecule has 2 aromatic carbocycles. The Morgan fingerprint density at radius 3 is 2.55 bits per heavy atom. The third-order valence-electron chi connectivity index (χ3n) is 3.12. The predicted molar refractivity (Wildman–Crippen MR) is 82.0 cm³/mol. The molecule has 0 saturated carbocycles. The predicted octanol–water partition coefficient (Wildman–Crippen LogP) is 3.95. The number of rotatable bonds is 5. The van der Waals surface area contributed by atoms with Crippen LogP contribution in [0, 0.1) is 6.92 Å². The lowest BCUT2D eigenvalue weighted by atomic mass is 10.1. The number of benzene rings is 2. The summed E-state index contributed by atoms with van der Waals surface area (Å²) >= 11 is 6.05. The third kappa shape index (κ3) is 3.24. The zero-order chi connectivity index (χ0) is 14.5. The van der Waals surface area contributed by atoms with Crippen molar-refractivity contribution in [2.45, 2.75) is 13.3 Å². The lowest BCUT2D eigenvalue weighted by Crippen LogP contribution is -2.04. The van der Waals surface area contributed by atoms with Gasteiger partial charge in [0.25, 0.3) is 0 Å². The van der Waals surface area contributed by atoms with Crippen LogP contribution in [-0.2, 0) is 6.42 Å². The largest absolute Gasteiger partial charge is 0.496 e. The van der Waals surface area contributed by atoms with Crippen molar-refractivity contribution < 1.29 is 9.47 Å². The molecular formula is C16H18ClNO2. The van der Waals surface area contributed by atoms with E-state index >= 15 is 0 Å². The standard InChI is InChI=1S/C16H18ClNO2/c1-11-14(19-2)4-3-5-15(11)20-16-10-13(17)7-6-12(16)8-9-18/h3-7,10H,8-9,18H2,1-2H3. The van der Waals surface area contributed by atoms with E-state index < -0.39 is 0 Å². The Morgan fingerprint density at radius 1 is 1.10 bits per heavy atom. The number of hydrogen-bond acceptors (Lipinski definition) is 3. The minimum atomic E-state index is 0.565.